The summed E-state index contributed by atoms with van der Waals surface area (Å²) in [4.78, 5) is 8.33. The molecule has 1 aromatic heterocycles. The third-order valence-corrected chi connectivity index (χ3v) is 4.64. The summed E-state index contributed by atoms with van der Waals surface area (Å²) in [6.45, 7) is 10.4. The number of hydrogen-bond acceptors (Lipinski definition) is 5. The van der Waals surface area contributed by atoms with E-state index in [4.69, 9.17) is 4.74 Å². The molecule has 1 aromatic rings. The zero-order valence-corrected chi connectivity index (χ0v) is 12.8. The summed E-state index contributed by atoms with van der Waals surface area (Å²) in [7, 11) is 0. The Morgan fingerprint density at radius 2 is 2.26 bits per heavy atom. The molecule has 108 valence electrons. The monoisotopic (exact) mass is 283 g/mol. The Labute approximate surface area is 120 Å². The van der Waals surface area contributed by atoms with Gasteiger partial charge in [-0.15, -0.1) is 11.3 Å². The van der Waals surface area contributed by atoms with Crippen molar-refractivity contribution in [1.29, 1.82) is 0 Å². The molecule has 1 N–H and O–H groups in total. The highest BCUT2D eigenvalue weighted by atomic mass is 32.1. The minimum absolute atomic E-state index is 0.582. The van der Waals surface area contributed by atoms with E-state index in [-0.39, 0.29) is 0 Å². The highest BCUT2D eigenvalue weighted by molar-refractivity contribution is 7.11. The van der Waals surface area contributed by atoms with E-state index in [2.05, 4.69) is 29.0 Å². The maximum atomic E-state index is 5.36. The van der Waals surface area contributed by atoms with Gasteiger partial charge in [0.25, 0.3) is 0 Å². The second-order valence-electron chi connectivity index (χ2n) is 5.11. The first-order chi connectivity index (χ1) is 9.28. The van der Waals surface area contributed by atoms with Crippen LogP contribution in [0.15, 0.2) is 6.20 Å². The normalized spacial score (nSPS) is 18.6. The summed E-state index contributed by atoms with van der Waals surface area (Å²) in [6.07, 6.45) is 4.26. The summed E-state index contributed by atoms with van der Waals surface area (Å²) in [5.41, 5.74) is 0. The van der Waals surface area contributed by atoms with E-state index in [9.17, 15) is 0 Å². The van der Waals surface area contributed by atoms with E-state index in [1.807, 2.05) is 17.5 Å². The Bertz CT molecular complexity index is 363. The lowest BCUT2D eigenvalue weighted by molar-refractivity contribution is 0.0384. The number of rotatable bonds is 7. The standard InChI is InChI=1S/C14H25N3OS/c1-3-12(2)15-10-13-11-16-14(19-13)4-5-17-6-8-18-9-7-17/h11-12,15H,3-10H2,1-2H3. The summed E-state index contributed by atoms with van der Waals surface area (Å²) in [5.74, 6) is 0. The topological polar surface area (TPSA) is 37.4 Å². The van der Waals surface area contributed by atoms with Gasteiger partial charge in [-0.05, 0) is 13.3 Å². The third-order valence-electron chi connectivity index (χ3n) is 3.58. The van der Waals surface area contributed by atoms with Gasteiger partial charge < -0.3 is 10.1 Å². The second kappa shape index (κ2) is 7.94. The highest BCUT2D eigenvalue weighted by Crippen LogP contribution is 2.14. The maximum Gasteiger partial charge on any atom is 0.0940 e. The molecular weight excluding hydrogens is 258 g/mol. The fourth-order valence-corrected chi connectivity index (χ4v) is 2.91. The first kappa shape index (κ1) is 14.9. The molecule has 1 saturated heterocycles. The van der Waals surface area contributed by atoms with Crippen LogP contribution in [-0.2, 0) is 17.7 Å². The van der Waals surface area contributed by atoms with Crippen LogP contribution in [0, 0.1) is 0 Å². The number of thiazole rings is 1. The van der Waals surface area contributed by atoms with Gasteiger partial charge >= 0.3 is 0 Å². The van der Waals surface area contributed by atoms with Crippen LogP contribution in [0.5, 0.6) is 0 Å². The maximum absolute atomic E-state index is 5.36. The molecule has 1 aliphatic heterocycles. The summed E-state index contributed by atoms with van der Waals surface area (Å²) in [5, 5.41) is 4.77. The SMILES string of the molecule is CCC(C)NCc1cnc(CCN2CCOCC2)s1. The molecule has 0 bridgehead atoms. The molecule has 1 aliphatic rings. The van der Waals surface area contributed by atoms with Gasteiger partial charge in [0.15, 0.2) is 0 Å². The van der Waals surface area contributed by atoms with E-state index in [1.54, 1.807) is 0 Å². The molecule has 4 nitrogen and oxygen atoms in total. The molecular formula is C14H25N3OS. The number of ether oxygens (including phenoxy) is 1. The van der Waals surface area contributed by atoms with Gasteiger partial charge in [-0.2, -0.15) is 0 Å². The molecule has 2 heterocycles. The van der Waals surface area contributed by atoms with E-state index >= 15 is 0 Å². The van der Waals surface area contributed by atoms with E-state index in [1.165, 1.54) is 16.3 Å². The molecule has 0 aromatic carbocycles. The van der Waals surface area contributed by atoms with Gasteiger partial charge in [0.2, 0.25) is 0 Å². The lowest BCUT2D eigenvalue weighted by atomic mass is 10.2. The Balaban J connectivity index is 1.70. The number of hydrogen-bond donors (Lipinski definition) is 1. The third kappa shape index (κ3) is 5.18. The molecule has 5 heteroatoms. The number of aromatic nitrogens is 1. The Morgan fingerprint density at radius 1 is 1.47 bits per heavy atom. The zero-order chi connectivity index (χ0) is 13.5. The van der Waals surface area contributed by atoms with Crippen LogP contribution in [0.1, 0.15) is 30.2 Å². The van der Waals surface area contributed by atoms with Crippen LogP contribution >= 0.6 is 11.3 Å². The van der Waals surface area contributed by atoms with Crippen molar-refractivity contribution >= 4 is 11.3 Å². The number of nitrogens with zero attached hydrogens (tertiary/aromatic N) is 2. The van der Waals surface area contributed by atoms with Crippen LogP contribution in [0.4, 0.5) is 0 Å². The molecule has 0 spiro atoms. The second-order valence-corrected chi connectivity index (χ2v) is 6.31. The minimum atomic E-state index is 0.582. The first-order valence-corrected chi connectivity index (χ1v) is 8.06. The van der Waals surface area contributed by atoms with E-state index in [0.717, 1.165) is 45.8 Å². The largest absolute Gasteiger partial charge is 0.379 e. The fraction of sp³-hybridized carbons (Fsp3) is 0.786. The van der Waals surface area contributed by atoms with Crippen molar-refractivity contribution in [3.8, 4) is 0 Å². The van der Waals surface area contributed by atoms with Gasteiger partial charge in [0.1, 0.15) is 0 Å². The molecule has 1 unspecified atom stereocenters. The molecule has 0 radical (unpaired) electrons. The zero-order valence-electron chi connectivity index (χ0n) is 12.0. The Kier molecular flexibility index (Phi) is 6.23. The average molecular weight is 283 g/mol. The Hall–Kier alpha value is -0.490. The van der Waals surface area contributed by atoms with Crippen LogP contribution < -0.4 is 5.32 Å². The first-order valence-electron chi connectivity index (χ1n) is 7.25. The molecule has 19 heavy (non-hydrogen) atoms. The Morgan fingerprint density at radius 3 is 3.00 bits per heavy atom. The van der Waals surface area contributed by atoms with Crippen molar-refractivity contribution in [2.45, 2.75) is 39.3 Å². The van der Waals surface area contributed by atoms with Crippen molar-refractivity contribution in [3.63, 3.8) is 0 Å². The lowest BCUT2D eigenvalue weighted by Crippen LogP contribution is -2.37. The van der Waals surface area contributed by atoms with Crippen molar-refractivity contribution in [1.82, 2.24) is 15.2 Å². The van der Waals surface area contributed by atoms with Crippen LogP contribution in [-0.4, -0.2) is 48.8 Å². The lowest BCUT2D eigenvalue weighted by Gasteiger charge is -2.25. The molecule has 1 atom stereocenters. The molecule has 1 fully saturated rings. The van der Waals surface area contributed by atoms with Crippen molar-refractivity contribution in [2.24, 2.45) is 0 Å². The quantitative estimate of drug-likeness (QED) is 0.829. The van der Waals surface area contributed by atoms with Gasteiger partial charge in [0, 0.05) is 49.7 Å². The van der Waals surface area contributed by atoms with Gasteiger partial charge in [0.05, 0.1) is 18.2 Å². The molecule has 0 amide bonds. The van der Waals surface area contributed by atoms with Crippen LogP contribution in [0.25, 0.3) is 0 Å². The van der Waals surface area contributed by atoms with Crippen molar-refractivity contribution in [2.75, 3.05) is 32.8 Å². The van der Waals surface area contributed by atoms with E-state index in [0.29, 0.717) is 6.04 Å². The molecule has 2 rings (SSSR count). The van der Waals surface area contributed by atoms with Gasteiger partial charge in [-0.1, -0.05) is 6.92 Å². The summed E-state index contributed by atoms with van der Waals surface area (Å²) >= 11 is 1.84. The number of nitrogens with one attached hydrogen (secondary N) is 1. The van der Waals surface area contributed by atoms with Gasteiger partial charge in [-0.25, -0.2) is 4.98 Å². The van der Waals surface area contributed by atoms with Crippen LogP contribution in [0.2, 0.25) is 0 Å². The van der Waals surface area contributed by atoms with Crippen LogP contribution in [0.3, 0.4) is 0 Å². The summed E-state index contributed by atoms with van der Waals surface area (Å²) in [6, 6.07) is 0.582. The van der Waals surface area contributed by atoms with E-state index < -0.39 is 0 Å². The molecule has 0 saturated carbocycles. The highest BCUT2D eigenvalue weighted by Gasteiger charge is 2.11. The fourth-order valence-electron chi connectivity index (χ4n) is 2.04. The predicted molar refractivity (Wildman–Crippen MR) is 79.7 cm³/mol. The smallest absolute Gasteiger partial charge is 0.0940 e. The number of morpholine rings is 1. The predicted octanol–water partition coefficient (Wildman–Crippen LogP) is 1.91. The van der Waals surface area contributed by atoms with Crippen molar-refractivity contribution in [3.05, 3.63) is 16.1 Å². The molecule has 0 aliphatic carbocycles. The van der Waals surface area contributed by atoms with Crippen molar-refractivity contribution < 1.29 is 4.74 Å². The summed E-state index contributed by atoms with van der Waals surface area (Å²) < 4.78 is 5.36. The minimum Gasteiger partial charge on any atom is -0.379 e. The van der Waals surface area contributed by atoms with Gasteiger partial charge in [-0.3, -0.25) is 4.90 Å². The average Bonchev–Trinajstić information content (AvgIpc) is 2.91.